The SMILES string of the molecule is [AlH3].[Cu].[Pt].[Ti]. The minimum atomic E-state index is 0. The summed E-state index contributed by atoms with van der Waals surface area (Å²) in [5.74, 6) is 0. The van der Waals surface area contributed by atoms with Crippen LogP contribution in [0.1, 0.15) is 0 Å². The van der Waals surface area contributed by atoms with Crippen LogP contribution < -0.4 is 0 Å². The van der Waals surface area contributed by atoms with Gasteiger partial charge in [0, 0.05) is 59.9 Å². The van der Waals surface area contributed by atoms with Gasteiger partial charge in [-0.15, -0.1) is 0 Å². The van der Waals surface area contributed by atoms with Gasteiger partial charge in [0.25, 0.3) is 0 Å². The molecule has 0 saturated carbocycles. The van der Waals surface area contributed by atoms with Crippen LogP contribution in [0.25, 0.3) is 0 Å². The molecular formula is H3AlCuPtTi. The predicted octanol–water partition coefficient (Wildman–Crippen LogP) is -1.19. The maximum Gasteiger partial charge on any atom is 0.187 e. The van der Waals surface area contributed by atoms with Gasteiger partial charge in [-0.05, 0) is 0 Å². The minimum absolute atomic E-state index is 0. The maximum atomic E-state index is 0. The summed E-state index contributed by atoms with van der Waals surface area (Å²) in [5, 5.41) is 0. The van der Waals surface area contributed by atoms with Crippen molar-refractivity contribution in [3.63, 3.8) is 0 Å². The van der Waals surface area contributed by atoms with Crippen LogP contribution in [0.2, 0.25) is 0 Å². The summed E-state index contributed by atoms with van der Waals surface area (Å²) in [6.07, 6.45) is 0. The fraction of sp³-hybridized carbons (Fsp3) is 0. The van der Waals surface area contributed by atoms with Gasteiger partial charge in [-0.1, -0.05) is 0 Å². The Hall–Kier alpha value is 2.45. The zero-order valence-corrected chi connectivity index (χ0v) is 5.89. The second-order valence-corrected chi connectivity index (χ2v) is 0. The Morgan fingerprint density at radius 2 is 1.00 bits per heavy atom. The average molecular weight is 336 g/mol. The van der Waals surface area contributed by atoms with Crippen LogP contribution in [0.15, 0.2) is 0 Å². The first-order valence-electron chi connectivity index (χ1n) is 0. The molecule has 0 nitrogen and oxygen atoms in total. The summed E-state index contributed by atoms with van der Waals surface area (Å²) in [5.41, 5.74) is 0. The smallest absolute Gasteiger partial charge is 0 e. The van der Waals surface area contributed by atoms with Crippen molar-refractivity contribution in [1.29, 1.82) is 0 Å². The second-order valence-electron chi connectivity index (χ2n) is 0. The fourth-order valence-corrected chi connectivity index (χ4v) is 0. The fourth-order valence-electron chi connectivity index (χ4n) is 0. The third-order valence-electron chi connectivity index (χ3n) is 0. The van der Waals surface area contributed by atoms with Gasteiger partial charge in [0.2, 0.25) is 0 Å². The Morgan fingerprint density at radius 1 is 1.00 bits per heavy atom. The summed E-state index contributed by atoms with van der Waals surface area (Å²) < 4.78 is 0. The van der Waals surface area contributed by atoms with Crippen LogP contribution in [-0.4, -0.2) is 17.4 Å². The quantitative estimate of drug-likeness (QED) is 0.488. The molecule has 31 valence electrons. The molecule has 0 saturated heterocycles. The van der Waals surface area contributed by atoms with Gasteiger partial charge >= 0.3 is 0 Å². The Bertz CT molecular complexity index is 8.00. The average Bonchev–Trinajstić information content (AvgIpc) is 0. The Balaban J connectivity index is 0. The molecule has 0 aromatic rings. The van der Waals surface area contributed by atoms with Gasteiger partial charge in [0.05, 0.1) is 0 Å². The molecule has 0 bridgehead atoms. The van der Waals surface area contributed by atoms with Crippen LogP contribution in [0, 0.1) is 0 Å². The largest absolute Gasteiger partial charge is 0.187 e. The van der Waals surface area contributed by atoms with Crippen molar-refractivity contribution >= 4 is 17.4 Å². The van der Waals surface area contributed by atoms with Crippen molar-refractivity contribution in [2.75, 3.05) is 0 Å². The molecule has 4 heavy (non-hydrogen) atoms. The van der Waals surface area contributed by atoms with E-state index in [1.165, 1.54) is 0 Å². The van der Waals surface area contributed by atoms with Crippen LogP contribution in [0.5, 0.6) is 0 Å². The van der Waals surface area contributed by atoms with E-state index >= 15 is 0 Å². The number of rotatable bonds is 0. The molecule has 0 aliphatic carbocycles. The molecule has 0 aromatic heterocycles. The van der Waals surface area contributed by atoms with Gasteiger partial charge < -0.3 is 0 Å². The molecule has 0 amide bonds. The summed E-state index contributed by atoms with van der Waals surface area (Å²) in [7, 11) is 0. The van der Waals surface area contributed by atoms with Gasteiger partial charge in [-0.3, -0.25) is 0 Å². The summed E-state index contributed by atoms with van der Waals surface area (Å²) >= 11 is 0. The van der Waals surface area contributed by atoms with Crippen molar-refractivity contribution in [1.82, 2.24) is 0 Å². The Kier molecular flexibility index (Phi) is 143. The van der Waals surface area contributed by atoms with Crippen LogP contribution >= 0.6 is 0 Å². The Labute approximate surface area is 76.2 Å². The van der Waals surface area contributed by atoms with E-state index in [0.29, 0.717) is 0 Å². The van der Waals surface area contributed by atoms with Crippen LogP contribution in [0.3, 0.4) is 0 Å². The number of hydrogen-bond acceptors (Lipinski definition) is 0. The molecule has 0 atom stereocenters. The number of hydrogen-bond donors (Lipinski definition) is 0. The van der Waals surface area contributed by atoms with Crippen molar-refractivity contribution in [3.05, 3.63) is 0 Å². The van der Waals surface area contributed by atoms with Crippen molar-refractivity contribution < 1.29 is 59.9 Å². The molecule has 1 radical (unpaired) electrons. The summed E-state index contributed by atoms with van der Waals surface area (Å²) in [4.78, 5) is 0. The monoisotopic (exact) mass is 336 g/mol. The van der Waals surface area contributed by atoms with E-state index in [9.17, 15) is 0 Å². The molecule has 4 heteroatoms. The molecule has 0 rings (SSSR count). The van der Waals surface area contributed by atoms with E-state index in [1.807, 2.05) is 0 Å². The third kappa shape index (κ3) is 8.82. The Morgan fingerprint density at radius 3 is 1.00 bits per heavy atom. The topological polar surface area (TPSA) is 0 Å². The molecule has 0 fully saturated rings. The standard InChI is InChI=1S/Al.Cu.Pt.Ti.3H. The van der Waals surface area contributed by atoms with E-state index in [4.69, 9.17) is 0 Å². The van der Waals surface area contributed by atoms with Gasteiger partial charge in [-0.25, -0.2) is 0 Å². The predicted molar refractivity (Wildman–Crippen MR) is 9.94 cm³/mol. The van der Waals surface area contributed by atoms with E-state index in [1.54, 1.807) is 0 Å². The first-order chi connectivity index (χ1) is 0. The third-order valence-corrected chi connectivity index (χ3v) is 0. The molecule has 0 aliphatic rings. The van der Waals surface area contributed by atoms with Gasteiger partial charge in [-0.2, -0.15) is 0 Å². The zero-order valence-electron chi connectivity index (χ0n) is 1.12. The molecule has 0 N–H and O–H groups in total. The van der Waals surface area contributed by atoms with Crippen molar-refractivity contribution in [2.24, 2.45) is 0 Å². The van der Waals surface area contributed by atoms with E-state index in [-0.39, 0.29) is 77.2 Å². The molecule has 0 spiro atoms. The molecule has 0 heterocycles. The molecule has 0 unspecified atom stereocenters. The van der Waals surface area contributed by atoms with Gasteiger partial charge in [0.1, 0.15) is 0 Å². The second kappa shape index (κ2) is 18.0. The van der Waals surface area contributed by atoms with E-state index in [2.05, 4.69) is 0 Å². The van der Waals surface area contributed by atoms with Crippen molar-refractivity contribution in [2.45, 2.75) is 0 Å². The van der Waals surface area contributed by atoms with Gasteiger partial charge in [0.15, 0.2) is 17.4 Å². The first kappa shape index (κ1) is 31.9. The summed E-state index contributed by atoms with van der Waals surface area (Å²) in [6.45, 7) is 0. The van der Waals surface area contributed by atoms with E-state index in [0.717, 1.165) is 0 Å². The first-order valence-corrected chi connectivity index (χ1v) is 0. The van der Waals surface area contributed by atoms with Crippen LogP contribution in [-0.2, 0) is 59.9 Å². The van der Waals surface area contributed by atoms with Crippen LogP contribution in [0.4, 0.5) is 0 Å². The normalized spacial score (nSPS) is 0. The minimum Gasteiger partial charge on any atom is 0 e. The van der Waals surface area contributed by atoms with Crippen molar-refractivity contribution in [3.8, 4) is 0 Å². The zero-order chi connectivity index (χ0) is 0. The van der Waals surface area contributed by atoms with E-state index < -0.39 is 0 Å². The molecule has 0 aliphatic heterocycles. The molecular weight excluding hydrogens is 333 g/mol. The maximum absolute atomic E-state index is 0. The molecule has 0 aromatic carbocycles. The summed E-state index contributed by atoms with van der Waals surface area (Å²) in [6, 6.07) is 0.